The van der Waals surface area contributed by atoms with Crippen LogP contribution < -0.4 is 5.32 Å². The SMILES string of the molecule is CC1(C)CC1NC1CC(O)C1(C)C. The van der Waals surface area contributed by atoms with Crippen molar-refractivity contribution in [3.63, 3.8) is 0 Å². The van der Waals surface area contributed by atoms with Crippen molar-refractivity contribution in [2.45, 2.75) is 58.7 Å². The van der Waals surface area contributed by atoms with Gasteiger partial charge in [-0.3, -0.25) is 0 Å². The summed E-state index contributed by atoms with van der Waals surface area (Å²) in [4.78, 5) is 0. The predicted molar refractivity (Wildman–Crippen MR) is 53.5 cm³/mol. The summed E-state index contributed by atoms with van der Waals surface area (Å²) in [6, 6.07) is 1.21. The van der Waals surface area contributed by atoms with Gasteiger partial charge in [0.15, 0.2) is 0 Å². The van der Waals surface area contributed by atoms with Gasteiger partial charge in [0.1, 0.15) is 0 Å². The molecule has 0 amide bonds. The molecule has 2 aliphatic rings. The van der Waals surface area contributed by atoms with Crippen molar-refractivity contribution in [2.24, 2.45) is 10.8 Å². The average Bonchev–Trinajstić information content (AvgIpc) is 2.58. The highest BCUT2D eigenvalue weighted by Crippen LogP contribution is 2.48. The molecule has 2 saturated carbocycles. The van der Waals surface area contributed by atoms with Gasteiger partial charge in [-0.2, -0.15) is 0 Å². The highest BCUT2D eigenvalue weighted by atomic mass is 16.3. The van der Waals surface area contributed by atoms with Crippen LogP contribution in [-0.2, 0) is 0 Å². The summed E-state index contributed by atoms with van der Waals surface area (Å²) in [5, 5.41) is 13.2. The zero-order valence-electron chi connectivity index (χ0n) is 9.09. The van der Waals surface area contributed by atoms with E-state index in [1.165, 1.54) is 6.42 Å². The maximum Gasteiger partial charge on any atom is 0.0621 e. The summed E-state index contributed by atoms with van der Waals surface area (Å²) < 4.78 is 0. The maximum absolute atomic E-state index is 9.57. The van der Waals surface area contributed by atoms with Gasteiger partial charge >= 0.3 is 0 Å². The molecule has 2 N–H and O–H groups in total. The number of hydrogen-bond acceptors (Lipinski definition) is 2. The molecule has 0 bridgehead atoms. The van der Waals surface area contributed by atoms with E-state index in [1.54, 1.807) is 0 Å². The normalized spacial score (nSPS) is 45.5. The highest BCUT2D eigenvalue weighted by Gasteiger charge is 2.53. The van der Waals surface area contributed by atoms with Crippen molar-refractivity contribution in [1.82, 2.24) is 5.32 Å². The van der Waals surface area contributed by atoms with Crippen LogP contribution in [0.5, 0.6) is 0 Å². The Morgan fingerprint density at radius 1 is 1.15 bits per heavy atom. The summed E-state index contributed by atoms with van der Waals surface area (Å²) in [5.41, 5.74) is 0.579. The molecule has 13 heavy (non-hydrogen) atoms. The third kappa shape index (κ3) is 1.40. The van der Waals surface area contributed by atoms with Crippen LogP contribution in [0.25, 0.3) is 0 Å². The Labute approximate surface area is 80.7 Å². The molecule has 0 spiro atoms. The molecule has 76 valence electrons. The van der Waals surface area contributed by atoms with Crippen LogP contribution in [0.1, 0.15) is 40.5 Å². The lowest BCUT2D eigenvalue weighted by molar-refractivity contribution is -0.0738. The molecule has 0 aromatic carbocycles. The largest absolute Gasteiger partial charge is 0.392 e. The molecule has 2 aliphatic carbocycles. The van der Waals surface area contributed by atoms with E-state index in [1.807, 2.05) is 0 Å². The third-order valence-corrected chi connectivity index (χ3v) is 4.13. The molecule has 2 heteroatoms. The van der Waals surface area contributed by atoms with E-state index in [4.69, 9.17) is 0 Å². The molecule has 0 aromatic rings. The van der Waals surface area contributed by atoms with Gasteiger partial charge in [0.05, 0.1) is 6.10 Å². The number of rotatable bonds is 2. The Morgan fingerprint density at radius 3 is 2.00 bits per heavy atom. The minimum absolute atomic E-state index is 0.0820. The van der Waals surface area contributed by atoms with Gasteiger partial charge in [-0.25, -0.2) is 0 Å². The third-order valence-electron chi connectivity index (χ3n) is 4.13. The lowest BCUT2D eigenvalue weighted by Crippen LogP contribution is -2.60. The fourth-order valence-electron chi connectivity index (χ4n) is 2.18. The van der Waals surface area contributed by atoms with Crippen LogP contribution in [0.4, 0.5) is 0 Å². The fourth-order valence-corrected chi connectivity index (χ4v) is 2.18. The van der Waals surface area contributed by atoms with Crippen LogP contribution in [0.2, 0.25) is 0 Å². The zero-order valence-corrected chi connectivity index (χ0v) is 9.09. The summed E-state index contributed by atoms with van der Waals surface area (Å²) >= 11 is 0. The molecule has 3 atom stereocenters. The van der Waals surface area contributed by atoms with Gasteiger partial charge < -0.3 is 10.4 Å². The summed E-state index contributed by atoms with van der Waals surface area (Å²) in [7, 11) is 0. The van der Waals surface area contributed by atoms with Gasteiger partial charge in [-0.05, 0) is 18.3 Å². The molecule has 0 radical (unpaired) electrons. The first-order valence-electron chi connectivity index (χ1n) is 5.28. The Kier molecular flexibility index (Phi) is 1.81. The topological polar surface area (TPSA) is 32.3 Å². The predicted octanol–water partition coefficient (Wildman–Crippen LogP) is 1.53. The van der Waals surface area contributed by atoms with E-state index in [0.717, 1.165) is 6.42 Å². The van der Waals surface area contributed by atoms with E-state index in [0.29, 0.717) is 17.5 Å². The lowest BCUT2D eigenvalue weighted by Gasteiger charge is -2.50. The van der Waals surface area contributed by atoms with Crippen LogP contribution in [0.15, 0.2) is 0 Å². The van der Waals surface area contributed by atoms with E-state index in [-0.39, 0.29) is 11.5 Å². The first-order valence-corrected chi connectivity index (χ1v) is 5.28. The Hall–Kier alpha value is -0.0800. The molecule has 0 aliphatic heterocycles. The van der Waals surface area contributed by atoms with Gasteiger partial charge in [0, 0.05) is 17.5 Å². The standard InChI is InChI=1S/C11H21NO/c1-10(2)6-8(10)12-7-5-9(13)11(7,3)4/h7-9,12-13H,5-6H2,1-4H3. The van der Waals surface area contributed by atoms with Crippen molar-refractivity contribution in [1.29, 1.82) is 0 Å². The Morgan fingerprint density at radius 2 is 1.69 bits per heavy atom. The molecule has 3 unspecified atom stereocenters. The summed E-state index contributed by atoms with van der Waals surface area (Å²) in [5.74, 6) is 0. The first-order chi connectivity index (χ1) is 5.84. The van der Waals surface area contributed by atoms with Crippen LogP contribution in [0.3, 0.4) is 0 Å². The number of aliphatic hydroxyl groups excluding tert-OH is 1. The lowest BCUT2D eigenvalue weighted by atomic mass is 9.64. The van der Waals surface area contributed by atoms with Crippen molar-refractivity contribution in [3.8, 4) is 0 Å². The van der Waals surface area contributed by atoms with E-state index < -0.39 is 0 Å². The molecular weight excluding hydrogens is 162 g/mol. The summed E-state index contributed by atoms with van der Waals surface area (Å²) in [6.07, 6.45) is 2.11. The van der Waals surface area contributed by atoms with Gasteiger partial charge in [0.2, 0.25) is 0 Å². The van der Waals surface area contributed by atoms with Crippen molar-refractivity contribution >= 4 is 0 Å². The summed E-state index contributed by atoms with van der Waals surface area (Å²) in [6.45, 7) is 8.89. The van der Waals surface area contributed by atoms with E-state index in [9.17, 15) is 5.11 Å². The van der Waals surface area contributed by atoms with Crippen molar-refractivity contribution in [2.75, 3.05) is 0 Å². The minimum atomic E-state index is -0.105. The second kappa shape index (κ2) is 2.48. The fraction of sp³-hybridized carbons (Fsp3) is 1.00. The van der Waals surface area contributed by atoms with Gasteiger partial charge in [-0.1, -0.05) is 27.7 Å². The number of nitrogens with one attached hydrogen (secondary N) is 1. The Bertz CT molecular complexity index is 222. The maximum atomic E-state index is 9.57. The molecule has 0 saturated heterocycles. The average molecular weight is 183 g/mol. The van der Waals surface area contributed by atoms with Crippen LogP contribution >= 0.6 is 0 Å². The minimum Gasteiger partial charge on any atom is -0.392 e. The number of aliphatic hydroxyl groups is 1. The first kappa shape index (κ1) is 9.47. The monoisotopic (exact) mass is 183 g/mol. The van der Waals surface area contributed by atoms with Crippen molar-refractivity contribution in [3.05, 3.63) is 0 Å². The molecule has 0 heterocycles. The quantitative estimate of drug-likeness (QED) is 0.680. The van der Waals surface area contributed by atoms with Crippen LogP contribution in [0, 0.1) is 10.8 Å². The molecule has 2 nitrogen and oxygen atoms in total. The van der Waals surface area contributed by atoms with Gasteiger partial charge in [-0.15, -0.1) is 0 Å². The molecule has 2 rings (SSSR count). The van der Waals surface area contributed by atoms with Gasteiger partial charge in [0.25, 0.3) is 0 Å². The van der Waals surface area contributed by atoms with E-state index >= 15 is 0 Å². The molecular formula is C11H21NO. The molecule has 2 fully saturated rings. The van der Waals surface area contributed by atoms with Crippen LogP contribution in [-0.4, -0.2) is 23.3 Å². The molecule has 0 aromatic heterocycles. The van der Waals surface area contributed by atoms with Crippen molar-refractivity contribution < 1.29 is 5.11 Å². The highest BCUT2D eigenvalue weighted by molar-refractivity contribution is 5.09. The van der Waals surface area contributed by atoms with E-state index in [2.05, 4.69) is 33.0 Å². The zero-order chi connectivity index (χ0) is 9.85. The Balaban J connectivity index is 1.86. The second-order valence-corrected chi connectivity index (χ2v) is 6.04. The smallest absolute Gasteiger partial charge is 0.0621 e. The number of hydrogen-bond donors (Lipinski definition) is 2. The second-order valence-electron chi connectivity index (χ2n) is 6.04.